The Balaban J connectivity index is 5.43. The number of nitrogens with zero attached hydrogens (tertiary/aromatic N) is 2. The lowest BCUT2D eigenvalue weighted by Gasteiger charge is -2.34. The van der Waals surface area contributed by atoms with Crippen LogP contribution in [0.3, 0.4) is 0 Å². The molecule has 0 aliphatic heterocycles. The van der Waals surface area contributed by atoms with Gasteiger partial charge in [0.1, 0.15) is 11.1 Å². The summed E-state index contributed by atoms with van der Waals surface area (Å²) in [6.45, 7) is 3.05. The first-order valence-electron chi connectivity index (χ1n) is 6.20. The van der Waals surface area contributed by atoms with E-state index in [1.165, 1.54) is 20.8 Å². The highest BCUT2D eigenvalue weighted by atomic mass is 16.4. The van der Waals surface area contributed by atoms with E-state index in [4.69, 9.17) is 10.2 Å². The first-order chi connectivity index (χ1) is 9.11. The van der Waals surface area contributed by atoms with Gasteiger partial charge in [0.25, 0.3) is 0 Å². The second-order valence-electron chi connectivity index (χ2n) is 5.20. The van der Waals surface area contributed by atoms with Crippen molar-refractivity contribution in [3.05, 3.63) is 0 Å². The number of hydrogen-bond donors (Lipinski definition) is 2. The van der Waals surface area contributed by atoms with E-state index >= 15 is 0 Å². The van der Waals surface area contributed by atoms with E-state index in [1.807, 2.05) is 0 Å². The van der Waals surface area contributed by atoms with Gasteiger partial charge in [-0.15, -0.1) is 0 Å². The number of aliphatic carboxylic acids is 2. The van der Waals surface area contributed by atoms with Crippen LogP contribution in [0.15, 0.2) is 10.2 Å². The van der Waals surface area contributed by atoms with Crippen LogP contribution in [0.2, 0.25) is 0 Å². The fourth-order valence-corrected chi connectivity index (χ4v) is 1.58. The van der Waals surface area contributed by atoms with Crippen molar-refractivity contribution in [2.75, 3.05) is 13.2 Å². The van der Waals surface area contributed by atoms with Crippen LogP contribution >= 0.6 is 0 Å². The Hall–Kier alpha value is -1.54. The van der Waals surface area contributed by atoms with Gasteiger partial charge in [-0.1, -0.05) is 0 Å². The van der Waals surface area contributed by atoms with Gasteiger partial charge >= 0.3 is 0 Å². The standard InChI is InChI=1S/C12H22N2O6/c1-11(2,9(17)18)13-14-12(3,10(19)20)8(4-6-15)5-7-16/h8,15-16H,4-7H2,1-3H3,(H,17,18)(H,19,20)/p-2. The second-order valence-corrected chi connectivity index (χ2v) is 5.20. The molecule has 20 heavy (non-hydrogen) atoms. The molecular formula is C12H20N2O6-2. The third-order valence-corrected chi connectivity index (χ3v) is 3.17. The highest BCUT2D eigenvalue weighted by molar-refractivity contribution is 5.77. The Bertz CT molecular complexity index is 376. The van der Waals surface area contributed by atoms with Gasteiger partial charge in [-0.25, -0.2) is 0 Å². The number of aliphatic hydroxyl groups is 2. The molecule has 0 radical (unpaired) electrons. The van der Waals surface area contributed by atoms with Gasteiger partial charge in [0.15, 0.2) is 0 Å². The van der Waals surface area contributed by atoms with Crippen molar-refractivity contribution < 1.29 is 30.0 Å². The molecule has 0 spiro atoms. The van der Waals surface area contributed by atoms with E-state index < -0.39 is 28.9 Å². The van der Waals surface area contributed by atoms with Crippen LogP contribution < -0.4 is 10.2 Å². The second kappa shape index (κ2) is 7.30. The van der Waals surface area contributed by atoms with Crippen LogP contribution in [-0.2, 0) is 9.59 Å². The molecule has 116 valence electrons. The first kappa shape index (κ1) is 18.5. The zero-order chi connectivity index (χ0) is 16.0. The fourth-order valence-electron chi connectivity index (χ4n) is 1.58. The van der Waals surface area contributed by atoms with Gasteiger partial charge in [-0.3, -0.25) is 0 Å². The van der Waals surface area contributed by atoms with Gasteiger partial charge in [0, 0.05) is 13.2 Å². The zero-order valence-electron chi connectivity index (χ0n) is 11.8. The minimum absolute atomic E-state index is 0.0653. The third-order valence-electron chi connectivity index (χ3n) is 3.17. The van der Waals surface area contributed by atoms with E-state index in [0.717, 1.165) is 0 Å². The maximum absolute atomic E-state index is 11.3. The van der Waals surface area contributed by atoms with Crippen molar-refractivity contribution >= 4 is 11.9 Å². The molecule has 0 saturated heterocycles. The molecule has 0 aliphatic rings. The summed E-state index contributed by atoms with van der Waals surface area (Å²) in [5.41, 5.74) is -3.52. The number of carbonyl (C=O) groups is 2. The average molecular weight is 288 g/mol. The van der Waals surface area contributed by atoms with Crippen molar-refractivity contribution in [1.82, 2.24) is 0 Å². The van der Waals surface area contributed by atoms with Crippen LogP contribution in [0, 0.1) is 5.92 Å². The van der Waals surface area contributed by atoms with E-state index in [0.29, 0.717) is 0 Å². The fraction of sp³-hybridized carbons (Fsp3) is 0.833. The molecule has 0 bridgehead atoms. The molecule has 0 amide bonds. The molecule has 2 N–H and O–H groups in total. The lowest BCUT2D eigenvalue weighted by molar-refractivity contribution is -0.316. The first-order valence-corrected chi connectivity index (χ1v) is 6.20. The number of carboxylic acids is 2. The lowest BCUT2D eigenvalue weighted by Crippen LogP contribution is -2.51. The van der Waals surface area contributed by atoms with Gasteiger partial charge in [0.2, 0.25) is 0 Å². The molecule has 1 atom stereocenters. The van der Waals surface area contributed by atoms with Crippen molar-refractivity contribution in [2.45, 2.75) is 44.7 Å². The van der Waals surface area contributed by atoms with Gasteiger partial charge in [-0.2, -0.15) is 10.2 Å². The Morgan fingerprint density at radius 2 is 1.45 bits per heavy atom. The summed E-state index contributed by atoms with van der Waals surface area (Å²) >= 11 is 0. The Kier molecular flexibility index (Phi) is 6.74. The molecule has 0 aliphatic carbocycles. The molecule has 0 fully saturated rings. The molecule has 1 unspecified atom stereocenters. The number of azo groups is 1. The van der Waals surface area contributed by atoms with E-state index in [1.54, 1.807) is 0 Å². The van der Waals surface area contributed by atoms with Crippen molar-refractivity contribution in [3.8, 4) is 0 Å². The zero-order valence-corrected chi connectivity index (χ0v) is 11.8. The van der Waals surface area contributed by atoms with Gasteiger partial charge in [0.05, 0.1) is 11.9 Å². The molecule has 0 heterocycles. The minimum Gasteiger partial charge on any atom is -0.547 e. The van der Waals surface area contributed by atoms with Crippen LogP contribution in [0.4, 0.5) is 0 Å². The van der Waals surface area contributed by atoms with Gasteiger partial charge in [-0.05, 0) is 39.5 Å². The number of carbonyl (C=O) groups excluding carboxylic acids is 2. The van der Waals surface area contributed by atoms with E-state index in [2.05, 4.69) is 10.2 Å². The molecule has 0 aromatic rings. The Morgan fingerprint density at radius 3 is 1.75 bits per heavy atom. The summed E-state index contributed by atoms with van der Waals surface area (Å²) in [5, 5.41) is 47.2. The molecule has 0 aromatic carbocycles. The quantitative estimate of drug-likeness (QED) is 0.463. The van der Waals surface area contributed by atoms with Crippen molar-refractivity contribution in [3.63, 3.8) is 0 Å². The van der Waals surface area contributed by atoms with Crippen LogP contribution in [0.1, 0.15) is 33.6 Å². The summed E-state index contributed by atoms with van der Waals surface area (Å²) < 4.78 is 0. The highest BCUT2D eigenvalue weighted by Gasteiger charge is 2.36. The number of carboxylic acid groups (broad SMARTS) is 2. The Morgan fingerprint density at radius 1 is 1.00 bits per heavy atom. The summed E-state index contributed by atoms with van der Waals surface area (Å²) in [4.78, 5) is 22.1. The topological polar surface area (TPSA) is 145 Å². The third kappa shape index (κ3) is 4.53. The monoisotopic (exact) mass is 288 g/mol. The predicted molar refractivity (Wildman–Crippen MR) is 64.2 cm³/mol. The molecule has 0 aromatic heterocycles. The highest BCUT2D eigenvalue weighted by Crippen LogP contribution is 2.29. The maximum Gasteiger partial charge on any atom is 0.121 e. The van der Waals surface area contributed by atoms with E-state index in [-0.39, 0.29) is 26.1 Å². The van der Waals surface area contributed by atoms with Crippen molar-refractivity contribution in [1.29, 1.82) is 0 Å². The number of aliphatic hydroxyl groups excluding tert-OH is 2. The molecular weight excluding hydrogens is 268 g/mol. The van der Waals surface area contributed by atoms with Gasteiger partial charge < -0.3 is 30.0 Å². The summed E-state index contributed by atoms with van der Waals surface area (Å²) in [7, 11) is 0. The molecule has 0 rings (SSSR count). The minimum atomic E-state index is -1.84. The molecule has 0 saturated carbocycles. The van der Waals surface area contributed by atoms with E-state index in [9.17, 15) is 19.8 Å². The number of hydrogen-bond acceptors (Lipinski definition) is 8. The predicted octanol–water partition coefficient (Wildman–Crippen LogP) is -2.14. The summed E-state index contributed by atoms with van der Waals surface area (Å²) in [5.74, 6) is -3.78. The lowest BCUT2D eigenvalue weighted by atomic mass is 9.82. The maximum atomic E-state index is 11.3. The normalized spacial score (nSPS) is 15.5. The van der Waals surface area contributed by atoms with Crippen LogP contribution in [0.5, 0.6) is 0 Å². The van der Waals surface area contributed by atoms with Crippen LogP contribution in [-0.4, -0.2) is 46.4 Å². The largest absolute Gasteiger partial charge is 0.547 e. The van der Waals surface area contributed by atoms with Crippen LogP contribution in [0.25, 0.3) is 0 Å². The SMILES string of the molecule is CC(C)(N=NC(C)(C(=O)[O-])C(CCO)CCO)C(=O)[O-]. The summed E-state index contributed by atoms with van der Waals surface area (Å²) in [6.07, 6.45) is 0.131. The molecule has 8 nitrogen and oxygen atoms in total. The van der Waals surface area contributed by atoms with Crippen molar-refractivity contribution in [2.24, 2.45) is 16.1 Å². The Labute approximate surface area is 117 Å². The molecule has 8 heteroatoms. The summed E-state index contributed by atoms with van der Waals surface area (Å²) in [6, 6.07) is 0. The average Bonchev–Trinajstić information content (AvgIpc) is 2.35. The smallest absolute Gasteiger partial charge is 0.121 e. The number of rotatable bonds is 9.